The maximum atomic E-state index is 12.4. The van der Waals surface area contributed by atoms with Crippen LogP contribution in [0, 0.1) is 6.92 Å². The lowest BCUT2D eigenvalue weighted by atomic mass is 10.2. The van der Waals surface area contributed by atoms with Crippen molar-refractivity contribution in [2.75, 3.05) is 12.4 Å². The topological polar surface area (TPSA) is 38.3 Å². The first-order chi connectivity index (χ1) is 11.0. The first-order valence-corrected chi connectivity index (χ1v) is 8.74. The van der Waals surface area contributed by atoms with Crippen LogP contribution in [-0.2, 0) is 10.5 Å². The van der Waals surface area contributed by atoms with Gasteiger partial charge in [0.25, 0.3) is 0 Å². The number of anilines is 1. The number of hydrogen-bond donors (Lipinski definition) is 1. The predicted molar refractivity (Wildman–Crippen MR) is 98.6 cm³/mol. The fraction of sp³-hybridized carbons (Fsp3) is 0.278. The lowest BCUT2D eigenvalue weighted by molar-refractivity contribution is -0.115. The highest BCUT2D eigenvalue weighted by Gasteiger charge is 2.15. The molecular weight excluding hydrogens is 330 g/mol. The molecule has 0 aliphatic carbocycles. The van der Waals surface area contributed by atoms with E-state index in [4.69, 9.17) is 16.3 Å². The highest BCUT2D eigenvalue weighted by Crippen LogP contribution is 2.27. The fourth-order valence-corrected chi connectivity index (χ4v) is 3.12. The number of thioether (sulfide) groups is 1. The molecule has 0 heterocycles. The van der Waals surface area contributed by atoms with Gasteiger partial charge in [-0.25, -0.2) is 0 Å². The summed E-state index contributed by atoms with van der Waals surface area (Å²) in [6.07, 6.45) is 0. The van der Waals surface area contributed by atoms with Crippen LogP contribution in [0.2, 0.25) is 5.02 Å². The zero-order valence-corrected chi connectivity index (χ0v) is 15.0. The quantitative estimate of drug-likeness (QED) is 0.804. The van der Waals surface area contributed by atoms with Crippen molar-refractivity contribution in [3.05, 3.63) is 58.6 Å². The summed E-state index contributed by atoms with van der Waals surface area (Å²) < 4.78 is 5.29. The van der Waals surface area contributed by atoms with E-state index < -0.39 is 0 Å². The molecule has 122 valence electrons. The van der Waals surface area contributed by atoms with Crippen LogP contribution in [0.3, 0.4) is 0 Å². The molecule has 1 unspecified atom stereocenters. The van der Waals surface area contributed by atoms with Crippen molar-refractivity contribution in [3.8, 4) is 5.75 Å². The van der Waals surface area contributed by atoms with Gasteiger partial charge in [-0.05, 0) is 49.2 Å². The van der Waals surface area contributed by atoms with E-state index in [-0.39, 0.29) is 11.2 Å². The highest BCUT2D eigenvalue weighted by atomic mass is 35.5. The van der Waals surface area contributed by atoms with Crippen molar-refractivity contribution in [2.45, 2.75) is 24.9 Å². The summed E-state index contributed by atoms with van der Waals surface area (Å²) in [5.74, 6) is 1.36. The summed E-state index contributed by atoms with van der Waals surface area (Å²) in [6.45, 7) is 3.87. The van der Waals surface area contributed by atoms with Crippen molar-refractivity contribution in [1.82, 2.24) is 0 Å². The van der Waals surface area contributed by atoms with Crippen LogP contribution >= 0.6 is 23.4 Å². The first kappa shape index (κ1) is 17.7. The van der Waals surface area contributed by atoms with Gasteiger partial charge < -0.3 is 10.1 Å². The number of carbonyl (C=O) groups is 1. The van der Waals surface area contributed by atoms with Gasteiger partial charge in [-0.15, -0.1) is 11.8 Å². The second-order valence-corrected chi connectivity index (χ2v) is 7.04. The minimum atomic E-state index is -0.181. The molecule has 1 N–H and O–H groups in total. The summed E-state index contributed by atoms with van der Waals surface area (Å²) in [4.78, 5) is 12.4. The van der Waals surface area contributed by atoms with E-state index >= 15 is 0 Å². The van der Waals surface area contributed by atoms with Crippen LogP contribution in [0.1, 0.15) is 18.1 Å². The van der Waals surface area contributed by atoms with Crippen molar-refractivity contribution in [3.63, 3.8) is 0 Å². The second kappa shape index (κ2) is 8.27. The Balaban J connectivity index is 1.96. The van der Waals surface area contributed by atoms with Gasteiger partial charge in [-0.2, -0.15) is 0 Å². The molecule has 0 radical (unpaired) electrons. The van der Waals surface area contributed by atoms with Gasteiger partial charge in [0.05, 0.1) is 18.0 Å². The van der Waals surface area contributed by atoms with Gasteiger partial charge in [0.15, 0.2) is 0 Å². The Morgan fingerprint density at radius 1 is 1.30 bits per heavy atom. The SMILES string of the molecule is COc1ccc(C)cc1NC(=O)C(C)SCc1cccc(Cl)c1. The minimum absolute atomic E-state index is 0.0408. The third kappa shape index (κ3) is 5.19. The van der Waals surface area contributed by atoms with E-state index in [2.05, 4.69) is 5.32 Å². The van der Waals surface area contributed by atoms with Gasteiger partial charge in [0.1, 0.15) is 5.75 Å². The van der Waals surface area contributed by atoms with Crippen LogP contribution in [0.4, 0.5) is 5.69 Å². The molecule has 0 aliphatic heterocycles. The van der Waals surface area contributed by atoms with E-state index in [9.17, 15) is 4.79 Å². The predicted octanol–water partition coefficient (Wildman–Crippen LogP) is 4.92. The molecule has 0 aliphatic rings. The Hall–Kier alpha value is -1.65. The third-order valence-electron chi connectivity index (χ3n) is 3.37. The number of halogens is 1. The Labute approximate surface area is 146 Å². The highest BCUT2D eigenvalue weighted by molar-refractivity contribution is 7.99. The fourth-order valence-electron chi connectivity index (χ4n) is 2.08. The molecule has 0 aromatic heterocycles. The zero-order valence-electron chi connectivity index (χ0n) is 13.4. The maximum absolute atomic E-state index is 12.4. The molecule has 2 aromatic rings. The smallest absolute Gasteiger partial charge is 0.237 e. The van der Waals surface area contributed by atoms with Crippen LogP contribution < -0.4 is 10.1 Å². The molecule has 2 rings (SSSR count). The number of amides is 1. The third-order valence-corrected chi connectivity index (χ3v) is 4.82. The van der Waals surface area contributed by atoms with E-state index in [1.165, 1.54) is 0 Å². The maximum Gasteiger partial charge on any atom is 0.237 e. The number of carbonyl (C=O) groups excluding carboxylic acids is 1. The van der Waals surface area contributed by atoms with E-state index in [0.29, 0.717) is 16.5 Å². The summed E-state index contributed by atoms with van der Waals surface area (Å²) in [5.41, 5.74) is 2.88. The second-order valence-electron chi connectivity index (χ2n) is 5.28. The minimum Gasteiger partial charge on any atom is -0.495 e. The Bertz CT molecular complexity index is 690. The Kier molecular flexibility index (Phi) is 6.37. The standard InChI is InChI=1S/C18H20ClNO2S/c1-12-7-8-17(22-3)16(9-12)20-18(21)13(2)23-11-14-5-4-6-15(19)10-14/h4-10,13H,11H2,1-3H3,(H,20,21). The van der Waals surface area contributed by atoms with Gasteiger partial charge in [0, 0.05) is 10.8 Å². The number of rotatable bonds is 6. The summed E-state index contributed by atoms with van der Waals surface area (Å²) >= 11 is 7.55. The van der Waals surface area contributed by atoms with Crippen molar-refractivity contribution < 1.29 is 9.53 Å². The van der Waals surface area contributed by atoms with Crippen molar-refractivity contribution >= 4 is 35.0 Å². The monoisotopic (exact) mass is 349 g/mol. The van der Waals surface area contributed by atoms with Crippen LogP contribution in [-0.4, -0.2) is 18.3 Å². The molecule has 1 atom stereocenters. The van der Waals surface area contributed by atoms with Crippen LogP contribution in [0.15, 0.2) is 42.5 Å². The molecule has 0 bridgehead atoms. The molecule has 0 fully saturated rings. The van der Waals surface area contributed by atoms with Crippen LogP contribution in [0.5, 0.6) is 5.75 Å². The number of methoxy groups -OCH3 is 1. The van der Waals surface area contributed by atoms with Gasteiger partial charge in [0.2, 0.25) is 5.91 Å². The lowest BCUT2D eigenvalue weighted by Gasteiger charge is -2.15. The molecule has 0 saturated carbocycles. The number of benzene rings is 2. The average molecular weight is 350 g/mol. The number of aryl methyl sites for hydroxylation is 1. The van der Waals surface area contributed by atoms with Crippen molar-refractivity contribution in [1.29, 1.82) is 0 Å². The van der Waals surface area contributed by atoms with Gasteiger partial charge >= 0.3 is 0 Å². The molecule has 1 amide bonds. The van der Waals surface area contributed by atoms with Gasteiger partial charge in [-0.3, -0.25) is 4.79 Å². The number of nitrogens with one attached hydrogen (secondary N) is 1. The van der Waals surface area contributed by atoms with E-state index in [1.807, 2.05) is 56.3 Å². The summed E-state index contributed by atoms with van der Waals surface area (Å²) in [5, 5.41) is 3.47. The largest absolute Gasteiger partial charge is 0.495 e. The summed E-state index contributed by atoms with van der Waals surface area (Å²) in [7, 11) is 1.59. The molecule has 2 aromatic carbocycles. The number of ether oxygens (including phenoxy) is 1. The Morgan fingerprint density at radius 3 is 2.78 bits per heavy atom. The van der Waals surface area contributed by atoms with Crippen LogP contribution in [0.25, 0.3) is 0 Å². The first-order valence-electron chi connectivity index (χ1n) is 7.31. The summed E-state index contributed by atoms with van der Waals surface area (Å²) in [6, 6.07) is 13.4. The van der Waals surface area contributed by atoms with E-state index in [0.717, 1.165) is 16.9 Å². The van der Waals surface area contributed by atoms with Crippen molar-refractivity contribution in [2.24, 2.45) is 0 Å². The molecule has 3 nitrogen and oxygen atoms in total. The lowest BCUT2D eigenvalue weighted by Crippen LogP contribution is -2.23. The normalized spacial score (nSPS) is 11.8. The van der Waals surface area contributed by atoms with Gasteiger partial charge in [-0.1, -0.05) is 29.8 Å². The molecule has 23 heavy (non-hydrogen) atoms. The molecule has 0 saturated heterocycles. The zero-order chi connectivity index (χ0) is 16.8. The molecule has 5 heteroatoms. The molecule has 0 spiro atoms. The van der Waals surface area contributed by atoms with E-state index in [1.54, 1.807) is 18.9 Å². The average Bonchev–Trinajstić information content (AvgIpc) is 2.53. The number of hydrogen-bond acceptors (Lipinski definition) is 3. The molecular formula is C18H20ClNO2S. The Morgan fingerprint density at radius 2 is 2.09 bits per heavy atom.